The summed E-state index contributed by atoms with van der Waals surface area (Å²) in [7, 11) is 0. The second kappa shape index (κ2) is 4.61. The number of nitrogens with zero attached hydrogens (tertiary/aromatic N) is 2. The number of alkyl halides is 1. The molecule has 1 aliphatic rings. The molecule has 0 spiro atoms. The fourth-order valence-corrected chi connectivity index (χ4v) is 1.50. The molecule has 1 N–H and O–H groups in total. The van der Waals surface area contributed by atoms with Crippen LogP contribution in [0.2, 0.25) is 0 Å². The Labute approximate surface area is 86.8 Å². The van der Waals surface area contributed by atoms with Gasteiger partial charge in [-0.3, -0.25) is 0 Å². The predicted molar refractivity (Wildman–Crippen MR) is 51.3 cm³/mol. The summed E-state index contributed by atoms with van der Waals surface area (Å²) in [4.78, 5) is 0. The average Bonchev–Trinajstić information content (AvgIpc) is 2.67. The van der Waals surface area contributed by atoms with Gasteiger partial charge in [-0.2, -0.15) is 0 Å². The number of aromatic nitrogens is 2. The third-order valence-corrected chi connectivity index (χ3v) is 2.30. The van der Waals surface area contributed by atoms with Crippen LogP contribution in [0.1, 0.15) is 18.7 Å². The van der Waals surface area contributed by atoms with E-state index in [4.69, 9.17) is 20.8 Å². The molecule has 78 valence electrons. The zero-order valence-electron chi connectivity index (χ0n) is 7.70. The number of hydrogen-bond acceptors (Lipinski definition) is 5. The number of halogens is 1. The zero-order chi connectivity index (χ0) is 9.80. The van der Waals surface area contributed by atoms with E-state index in [1.807, 2.05) is 0 Å². The molecule has 1 unspecified atom stereocenters. The van der Waals surface area contributed by atoms with Crippen molar-refractivity contribution >= 4 is 17.6 Å². The van der Waals surface area contributed by atoms with E-state index in [1.165, 1.54) is 0 Å². The standard InChI is InChI=1S/C8H12ClN3O2/c9-4-7-11-12-8(14-7)10-6-2-1-3-13-5-6/h6H,1-5H2,(H,10,12). The Bertz CT molecular complexity index is 286. The Morgan fingerprint density at radius 2 is 2.43 bits per heavy atom. The summed E-state index contributed by atoms with van der Waals surface area (Å²) in [6.07, 6.45) is 2.13. The molecule has 1 aromatic heterocycles. The van der Waals surface area contributed by atoms with Crippen LogP contribution in [0.25, 0.3) is 0 Å². The van der Waals surface area contributed by atoms with Crippen molar-refractivity contribution in [1.29, 1.82) is 0 Å². The predicted octanol–water partition coefficient (Wildman–Crippen LogP) is 1.40. The first-order valence-electron chi connectivity index (χ1n) is 4.61. The first kappa shape index (κ1) is 9.73. The van der Waals surface area contributed by atoms with Crippen LogP contribution in [0.5, 0.6) is 0 Å². The molecule has 14 heavy (non-hydrogen) atoms. The molecule has 1 aliphatic heterocycles. The smallest absolute Gasteiger partial charge is 0.315 e. The van der Waals surface area contributed by atoms with Crippen molar-refractivity contribution in [2.75, 3.05) is 18.5 Å². The topological polar surface area (TPSA) is 60.2 Å². The largest absolute Gasteiger partial charge is 0.407 e. The SMILES string of the molecule is ClCc1nnc(NC2CCCOC2)o1. The molecule has 0 radical (unpaired) electrons. The average molecular weight is 218 g/mol. The van der Waals surface area contributed by atoms with Crippen LogP contribution in [-0.2, 0) is 10.6 Å². The van der Waals surface area contributed by atoms with E-state index in [0.717, 1.165) is 19.4 Å². The summed E-state index contributed by atoms with van der Waals surface area (Å²) < 4.78 is 10.5. The molecule has 2 heterocycles. The first-order valence-corrected chi connectivity index (χ1v) is 5.14. The minimum atomic E-state index is 0.246. The lowest BCUT2D eigenvalue weighted by Gasteiger charge is -2.21. The van der Waals surface area contributed by atoms with Crippen molar-refractivity contribution in [3.8, 4) is 0 Å². The van der Waals surface area contributed by atoms with Gasteiger partial charge >= 0.3 is 6.01 Å². The maximum Gasteiger partial charge on any atom is 0.315 e. The van der Waals surface area contributed by atoms with Crippen LogP contribution in [0.3, 0.4) is 0 Å². The molecule has 0 aromatic carbocycles. The van der Waals surface area contributed by atoms with Crippen molar-refractivity contribution in [3.05, 3.63) is 5.89 Å². The molecule has 2 rings (SSSR count). The van der Waals surface area contributed by atoms with E-state index in [0.29, 0.717) is 18.5 Å². The minimum Gasteiger partial charge on any atom is -0.407 e. The van der Waals surface area contributed by atoms with Crippen LogP contribution in [0.15, 0.2) is 4.42 Å². The van der Waals surface area contributed by atoms with Gasteiger partial charge in [0.2, 0.25) is 5.89 Å². The maximum absolute atomic E-state index is 5.53. The Kier molecular flexibility index (Phi) is 3.21. The number of rotatable bonds is 3. The van der Waals surface area contributed by atoms with E-state index < -0.39 is 0 Å². The van der Waals surface area contributed by atoms with Gasteiger partial charge in [-0.1, -0.05) is 5.10 Å². The van der Waals surface area contributed by atoms with Crippen LogP contribution in [0, 0.1) is 0 Å². The quantitative estimate of drug-likeness (QED) is 0.776. The van der Waals surface area contributed by atoms with E-state index in [9.17, 15) is 0 Å². The Morgan fingerprint density at radius 3 is 3.07 bits per heavy atom. The van der Waals surface area contributed by atoms with Crippen LogP contribution >= 0.6 is 11.6 Å². The Hall–Kier alpha value is -0.810. The zero-order valence-corrected chi connectivity index (χ0v) is 8.46. The van der Waals surface area contributed by atoms with Gasteiger partial charge in [-0.25, -0.2) is 0 Å². The van der Waals surface area contributed by atoms with Crippen molar-refractivity contribution < 1.29 is 9.15 Å². The molecule has 6 heteroatoms. The number of anilines is 1. The third-order valence-electron chi connectivity index (χ3n) is 2.07. The molecular weight excluding hydrogens is 206 g/mol. The van der Waals surface area contributed by atoms with Gasteiger partial charge in [-0.05, 0) is 12.8 Å². The summed E-state index contributed by atoms with van der Waals surface area (Å²) in [5, 5.41) is 10.7. The highest BCUT2D eigenvalue weighted by Crippen LogP contribution is 2.13. The van der Waals surface area contributed by atoms with Gasteiger partial charge in [0, 0.05) is 6.61 Å². The summed E-state index contributed by atoms with van der Waals surface area (Å²) in [5.41, 5.74) is 0. The summed E-state index contributed by atoms with van der Waals surface area (Å²) in [5.74, 6) is 0.682. The van der Waals surface area contributed by atoms with E-state index in [-0.39, 0.29) is 11.9 Å². The highest BCUT2D eigenvalue weighted by atomic mass is 35.5. The third kappa shape index (κ3) is 2.36. The van der Waals surface area contributed by atoms with Crippen molar-refractivity contribution in [1.82, 2.24) is 10.2 Å². The highest BCUT2D eigenvalue weighted by Gasteiger charge is 2.16. The Morgan fingerprint density at radius 1 is 1.50 bits per heavy atom. The fraction of sp³-hybridized carbons (Fsp3) is 0.750. The van der Waals surface area contributed by atoms with Crippen LogP contribution in [-0.4, -0.2) is 29.5 Å². The molecule has 1 aromatic rings. The van der Waals surface area contributed by atoms with Gasteiger partial charge in [0.1, 0.15) is 5.88 Å². The molecule has 1 atom stereocenters. The first-order chi connectivity index (χ1) is 6.88. The lowest BCUT2D eigenvalue weighted by atomic mass is 10.1. The second-order valence-corrected chi connectivity index (χ2v) is 3.46. The van der Waals surface area contributed by atoms with Gasteiger partial charge in [0.15, 0.2) is 0 Å². The molecule has 5 nitrogen and oxygen atoms in total. The van der Waals surface area contributed by atoms with Crippen LogP contribution < -0.4 is 5.32 Å². The van der Waals surface area contributed by atoms with Crippen molar-refractivity contribution in [2.45, 2.75) is 24.8 Å². The Balaban J connectivity index is 1.89. The van der Waals surface area contributed by atoms with Crippen LogP contribution in [0.4, 0.5) is 6.01 Å². The monoisotopic (exact) mass is 217 g/mol. The summed E-state index contributed by atoms with van der Waals surface area (Å²) in [6, 6.07) is 0.698. The van der Waals surface area contributed by atoms with Crippen molar-refractivity contribution in [2.24, 2.45) is 0 Å². The summed E-state index contributed by atoms with van der Waals surface area (Å²) in [6.45, 7) is 1.54. The molecule has 0 amide bonds. The lowest BCUT2D eigenvalue weighted by Crippen LogP contribution is -2.30. The molecule has 0 bridgehead atoms. The van der Waals surface area contributed by atoms with Gasteiger partial charge in [0.05, 0.1) is 12.6 Å². The fourth-order valence-electron chi connectivity index (χ4n) is 1.40. The van der Waals surface area contributed by atoms with E-state index in [2.05, 4.69) is 15.5 Å². The molecule has 0 saturated carbocycles. The molecular formula is C8H12ClN3O2. The maximum atomic E-state index is 5.53. The normalized spacial score (nSPS) is 22.2. The minimum absolute atomic E-state index is 0.246. The number of ether oxygens (including phenoxy) is 1. The molecule has 1 saturated heterocycles. The highest BCUT2D eigenvalue weighted by molar-refractivity contribution is 6.16. The number of nitrogens with one attached hydrogen (secondary N) is 1. The van der Waals surface area contributed by atoms with Gasteiger partial charge in [0.25, 0.3) is 0 Å². The van der Waals surface area contributed by atoms with E-state index >= 15 is 0 Å². The van der Waals surface area contributed by atoms with Crippen molar-refractivity contribution in [3.63, 3.8) is 0 Å². The number of hydrogen-bond donors (Lipinski definition) is 1. The van der Waals surface area contributed by atoms with Gasteiger partial charge < -0.3 is 14.5 Å². The van der Waals surface area contributed by atoms with Gasteiger partial charge in [-0.15, -0.1) is 16.7 Å². The van der Waals surface area contributed by atoms with E-state index in [1.54, 1.807) is 0 Å². The molecule has 0 aliphatic carbocycles. The second-order valence-electron chi connectivity index (χ2n) is 3.19. The summed E-state index contributed by atoms with van der Waals surface area (Å²) >= 11 is 5.53. The molecule has 1 fully saturated rings. The lowest BCUT2D eigenvalue weighted by molar-refractivity contribution is 0.0869.